The van der Waals surface area contributed by atoms with Crippen molar-refractivity contribution in [3.63, 3.8) is 0 Å². The van der Waals surface area contributed by atoms with Gasteiger partial charge in [-0.15, -0.1) is 6.58 Å². The lowest BCUT2D eigenvalue weighted by Gasteiger charge is -1.85. The Bertz CT molecular complexity index is 78.2. The largest absolute Gasteiger partial charge is 0.300 e. The van der Waals surface area contributed by atoms with Gasteiger partial charge in [0.15, 0.2) is 0 Å². The third-order valence-electron chi connectivity index (χ3n) is 1.43. The van der Waals surface area contributed by atoms with Crippen molar-refractivity contribution in [3.8, 4) is 0 Å². The van der Waals surface area contributed by atoms with E-state index in [0.29, 0.717) is 0 Å². The number of nitrogens with zero attached hydrogens (tertiary/aromatic N) is 1. The van der Waals surface area contributed by atoms with Gasteiger partial charge in [-0.1, -0.05) is 6.08 Å². The molecule has 0 spiro atoms. The van der Waals surface area contributed by atoms with E-state index in [1.807, 2.05) is 6.08 Å². The van der Waals surface area contributed by atoms with Crippen LogP contribution in [0.2, 0.25) is 0 Å². The van der Waals surface area contributed by atoms with Gasteiger partial charge < -0.3 is 4.90 Å². The minimum absolute atomic E-state index is 0.831. The first-order chi connectivity index (χ1) is 3.34. The third-order valence-corrected chi connectivity index (χ3v) is 1.43. The van der Waals surface area contributed by atoms with E-state index in [-0.39, 0.29) is 0 Å². The maximum atomic E-state index is 3.65. The van der Waals surface area contributed by atoms with E-state index in [0.717, 1.165) is 12.5 Å². The normalized spacial score (nSPS) is 37.9. The second kappa shape index (κ2) is 1.66. The molecule has 1 saturated heterocycles. The van der Waals surface area contributed by atoms with Crippen molar-refractivity contribution >= 4 is 0 Å². The Hall–Kier alpha value is -0.300. The molecular formula is C6H11N. The Morgan fingerprint density at radius 2 is 2.57 bits per heavy atom. The van der Waals surface area contributed by atoms with Crippen LogP contribution in [0.4, 0.5) is 0 Å². The van der Waals surface area contributed by atoms with Gasteiger partial charge in [-0.3, -0.25) is 0 Å². The van der Waals surface area contributed by atoms with E-state index in [2.05, 4.69) is 18.5 Å². The van der Waals surface area contributed by atoms with E-state index < -0.39 is 0 Å². The van der Waals surface area contributed by atoms with Crippen molar-refractivity contribution in [2.75, 3.05) is 13.6 Å². The molecule has 2 atom stereocenters. The van der Waals surface area contributed by atoms with Crippen molar-refractivity contribution in [3.05, 3.63) is 12.7 Å². The molecule has 1 rings (SSSR count). The quantitative estimate of drug-likeness (QED) is 0.365. The molecule has 0 aromatic rings. The Kier molecular flexibility index (Phi) is 1.15. The molecule has 0 radical (unpaired) electrons. The third kappa shape index (κ3) is 1.03. The predicted molar refractivity (Wildman–Crippen MR) is 31.2 cm³/mol. The summed E-state index contributed by atoms with van der Waals surface area (Å²) >= 11 is 0. The van der Waals surface area contributed by atoms with Crippen LogP contribution < -0.4 is 0 Å². The molecule has 7 heavy (non-hydrogen) atoms. The van der Waals surface area contributed by atoms with Crippen LogP contribution in [0.1, 0.15) is 6.42 Å². The summed E-state index contributed by atoms with van der Waals surface area (Å²) in [5, 5.41) is 0. The molecule has 0 aromatic carbocycles. The Labute approximate surface area is 44.6 Å². The summed E-state index contributed by atoms with van der Waals surface area (Å²) in [4.78, 5) is 2.31. The van der Waals surface area contributed by atoms with Gasteiger partial charge in [-0.05, 0) is 13.5 Å². The lowest BCUT2D eigenvalue weighted by atomic mass is 10.3. The molecule has 1 aliphatic rings. The van der Waals surface area contributed by atoms with Gasteiger partial charge in [0.05, 0.1) is 0 Å². The lowest BCUT2D eigenvalue weighted by molar-refractivity contribution is 0.617. The molecule has 0 saturated carbocycles. The average molecular weight is 97.2 g/mol. The summed E-state index contributed by atoms with van der Waals surface area (Å²) in [6.07, 6.45) is 3.14. The first kappa shape index (κ1) is 4.85. The molecule has 0 amide bonds. The molecular weight excluding hydrogens is 86.1 g/mol. The van der Waals surface area contributed by atoms with Gasteiger partial charge in [-0.25, -0.2) is 0 Å². The molecule has 0 N–H and O–H groups in total. The van der Waals surface area contributed by atoms with Crippen molar-refractivity contribution in [2.24, 2.45) is 0 Å². The molecule has 0 aliphatic carbocycles. The summed E-state index contributed by atoms with van der Waals surface area (Å²) in [6, 6.07) is 0.831. The molecule has 0 aromatic heterocycles. The van der Waals surface area contributed by atoms with Crippen LogP contribution in [0.25, 0.3) is 0 Å². The molecule has 0 bridgehead atoms. The molecule has 1 aliphatic heterocycles. The Morgan fingerprint density at radius 1 is 2.00 bits per heavy atom. The number of hydrogen-bond acceptors (Lipinski definition) is 1. The van der Waals surface area contributed by atoms with E-state index in [9.17, 15) is 0 Å². The van der Waals surface area contributed by atoms with E-state index in [4.69, 9.17) is 0 Å². The summed E-state index contributed by atoms with van der Waals surface area (Å²) in [5.41, 5.74) is 0. The van der Waals surface area contributed by atoms with E-state index in [1.165, 1.54) is 6.54 Å². The van der Waals surface area contributed by atoms with Gasteiger partial charge in [0.25, 0.3) is 0 Å². The molecule has 1 unspecified atom stereocenters. The van der Waals surface area contributed by atoms with Gasteiger partial charge >= 0.3 is 0 Å². The van der Waals surface area contributed by atoms with Crippen molar-refractivity contribution in [2.45, 2.75) is 12.5 Å². The second-order valence-corrected chi connectivity index (χ2v) is 2.12. The highest BCUT2D eigenvalue weighted by Crippen LogP contribution is 2.16. The van der Waals surface area contributed by atoms with Crippen LogP contribution in [0, 0.1) is 0 Å². The van der Waals surface area contributed by atoms with Gasteiger partial charge in [0.2, 0.25) is 0 Å². The highest BCUT2D eigenvalue weighted by atomic mass is 15.3. The first-order valence-corrected chi connectivity index (χ1v) is 2.65. The fourth-order valence-corrected chi connectivity index (χ4v) is 0.732. The molecule has 1 nitrogen and oxygen atoms in total. The zero-order valence-corrected chi connectivity index (χ0v) is 4.72. The Balaban J connectivity index is 2.08. The summed E-state index contributed by atoms with van der Waals surface area (Å²) in [6.45, 7) is 4.92. The number of likely N-dealkylation sites (N-methyl/N-ethyl adjacent to an activating group) is 1. The van der Waals surface area contributed by atoms with Crippen molar-refractivity contribution in [1.82, 2.24) is 4.90 Å². The summed E-state index contributed by atoms with van der Waals surface area (Å²) in [5.74, 6) is 0. The van der Waals surface area contributed by atoms with E-state index >= 15 is 0 Å². The van der Waals surface area contributed by atoms with Gasteiger partial charge in [-0.2, -0.15) is 0 Å². The van der Waals surface area contributed by atoms with Crippen LogP contribution in [0.15, 0.2) is 12.7 Å². The van der Waals surface area contributed by atoms with Gasteiger partial charge in [0.1, 0.15) is 0 Å². The van der Waals surface area contributed by atoms with Crippen molar-refractivity contribution in [1.29, 1.82) is 0 Å². The van der Waals surface area contributed by atoms with Crippen LogP contribution in [0.5, 0.6) is 0 Å². The van der Waals surface area contributed by atoms with Crippen LogP contribution >= 0.6 is 0 Å². The smallest absolute Gasteiger partial charge is 0.0255 e. The SMILES string of the molecule is C=CC[C@@H]1CN1C. The molecule has 1 heteroatoms. The Morgan fingerprint density at radius 3 is 2.71 bits per heavy atom. The lowest BCUT2D eigenvalue weighted by Crippen LogP contribution is -1.89. The fourth-order valence-electron chi connectivity index (χ4n) is 0.732. The van der Waals surface area contributed by atoms with Crippen molar-refractivity contribution < 1.29 is 0 Å². The van der Waals surface area contributed by atoms with Crippen LogP contribution in [0.3, 0.4) is 0 Å². The minimum atomic E-state index is 0.831. The second-order valence-electron chi connectivity index (χ2n) is 2.12. The maximum absolute atomic E-state index is 3.65. The molecule has 1 heterocycles. The number of rotatable bonds is 2. The predicted octanol–water partition coefficient (Wildman–Crippen LogP) is 0.876. The zero-order valence-electron chi connectivity index (χ0n) is 4.72. The standard InChI is InChI=1S/C6H11N/c1-3-4-6-5-7(6)2/h3,6H,1,4-5H2,2H3/t6-,7?/m1/s1. The molecule has 40 valence electrons. The van der Waals surface area contributed by atoms with E-state index in [1.54, 1.807) is 0 Å². The number of hydrogen-bond donors (Lipinski definition) is 0. The topological polar surface area (TPSA) is 3.01 Å². The summed E-state index contributed by atoms with van der Waals surface area (Å²) in [7, 11) is 2.13. The van der Waals surface area contributed by atoms with Crippen LogP contribution in [-0.2, 0) is 0 Å². The highest BCUT2D eigenvalue weighted by Gasteiger charge is 2.27. The monoisotopic (exact) mass is 97.1 g/mol. The maximum Gasteiger partial charge on any atom is 0.0255 e. The first-order valence-electron chi connectivity index (χ1n) is 2.65. The minimum Gasteiger partial charge on any atom is -0.300 e. The highest BCUT2D eigenvalue weighted by molar-refractivity contribution is 4.91. The fraction of sp³-hybridized carbons (Fsp3) is 0.667. The zero-order chi connectivity index (χ0) is 5.28. The van der Waals surface area contributed by atoms with Crippen LogP contribution in [-0.4, -0.2) is 24.5 Å². The average Bonchev–Trinajstić information content (AvgIpc) is 2.22. The van der Waals surface area contributed by atoms with Gasteiger partial charge in [0, 0.05) is 12.6 Å². The summed E-state index contributed by atoms with van der Waals surface area (Å²) < 4.78 is 0. The molecule has 1 fully saturated rings.